The van der Waals surface area contributed by atoms with Gasteiger partial charge in [-0.05, 0) is 23.6 Å². The summed E-state index contributed by atoms with van der Waals surface area (Å²) in [5.74, 6) is 0.698. The number of fused-ring (bicyclic) bond motifs is 1. The molecule has 3 nitrogen and oxygen atoms in total. The van der Waals surface area contributed by atoms with Crippen molar-refractivity contribution in [3.05, 3.63) is 29.5 Å². The average Bonchev–Trinajstić information content (AvgIpc) is 2.61. The van der Waals surface area contributed by atoms with E-state index in [-0.39, 0.29) is 0 Å². The van der Waals surface area contributed by atoms with Crippen LogP contribution in [-0.4, -0.2) is 10.1 Å². The first kappa shape index (κ1) is 10.1. The molecule has 4 N–H and O–H groups in total. The van der Waals surface area contributed by atoms with Gasteiger partial charge in [-0.3, -0.25) is 0 Å². The number of aromatic amines is 1. The van der Waals surface area contributed by atoms with Crippen LogP contribution in [0.25, 0.3) is 10.9 Å². The summed E-state index contributed by atoms with van der Waals surface area (Å²) in [6, 6.07) is 5.86. The van der Waals surface area contributed by atoms with Crippen molar-refractivity contribution < 1.29 is 5.11 Å². The fourth-order valence-corrected chi connectivity index (χ4v) is 1.84. The molecule has 0 fully saturated rings. The van der Waals surface area contributed by atoms with E-state index in [0.717, 1.165) is 22.2 Å². The molecular weight excluding hydrogens is 188 g/mol. The van der Waals surface area contributed by atoms with Gasteiger partial charge in [0.25, 0.3) is 0 Å². The summed E-state index contributed by atoms with van der Waals surface area (Å²) in [7, 11) is 0. The lowest BCUT2D eigenvalue weighted by Gasteiger charge is -2.08. The molecular formula is C12H16N2O. The minimum absolute atomic E-state index is 0.325. The van der Waals surface area contributed by atoms with Gasteiger partial charge < -0.3 is 15.8 Å². The van der Waals surface area contributed by atoms with E-state index < -0.39 is 0 Å². The van der Waals surface area contributed by atoms with Crippen LogP contribution in [0.2, 0.25) is 0 Å². The Bertz CT molecular complexity index is 486. The van der Waals surface area contributed by atoms with Gasteiger partial charge in [-0.15, -0.1) is 0 Å². The summed E-state index contributed by atoms with van der Waals surface area (Å²) in [4.78, 5) is 3.17. The van der Waals surface area contributed by atoms with Crippen LogP contribution < -0.4 is 5.73 Å². The van der Waals surface area contributed by atoms with Gasteiger partial charge in [0.2, 0.25) is 0 Å². The molecule has 0 amide bonds. The summed E-state index contributed by atoms with van der Waals surface area (Å²) >= 11 is 0. The topological polar surface area (TPSA) is 62.0 Å². The Hall–Kier alpha value is -1.48. The summed E-state index contributed by atoms with van der Waals surface area (Å²) in [6.45, 7) is 4.60. The van der Waals surface area contributed by atoms with E-state index >= 15 is 0 Å². The monoisotopic (exact) mass is 204 g/mol. The summed E-state index contributed by atoms with van der Waals surface area (Å²) in [5, 5.41) is 10.9. The third-order valence-electron chi connectivity index (χ3n) is 2.70. The quantitative estimate of drug-likeness (QED) is 0.703. The molecule has 2 rings (SSSR count). The highest BCUT2D eigenvalue weighted by Crippen LogP contribution is 2.33. The highest BCUT2D eigenvalue weighted by molar-refractivity contribution is 5.88. The predicted octanol–water partition coefficient (Wildman–Crippen LogP) is 2.46. The zero-order valence-corrected chi connectivity index (χ0v) is 9.04. The van der Waals surface area contributed by atoms with Crippen LogP contribution >= 0.6 is 0 Å². The molecule has 1 aromatic carbocycles. The van der Waals surface area contributed by atoms with E-state index in [1.54, 1.807) is 0 Å². The molecule has 0 atom stereocenters. The van der Waals surface area contributed by atoms with E-state index in [1.165, 1.54) is 0 Å². The standard InChI is InChI=1S/C12H16N2O/c1-7(2)9-3-4-11-10(12(9)15)5-8(6-13)14-11/h3-5,7,14-15H,6,13H2,1-2H3. The van der Waals surface area contributed by atoms with Gasteiger partial charge in [0.1, 0.15) is 5.75 Å². The molecule has 3 heteroatoms. The molecule has 80 valence electrons. The number of phenols is 1. The first-order valence-corrected chi connectivity index (χ1v) is 5.17. The number of benzene rings is 1. The number of nitrogens with two attached hydrogens (primary N) is 1. The van der Waals surface area contributed by atoms with Crippen LogP contribution in [0.5, 0.6) is 5.75 Å². The number of nitrogens with one attached hydrogen (secondary N) is 1. The van der Waals surface area contributed by atoms with Crippen molar-refractivity contribution in [1.29, 1.82) is 0 Å². The largest absolute Gasteiger partial charge is 0.507 e. The van der Waals surface area contributed by atoms with E-state index in [2.05, 4.69) is 18.8 Å². The first-order chi connectivity index (χ1) is 7.13. The molecule has 1 heterocycles. The molecule has 0 unspecified atom stereocenters. The third kappa shape index (κ3) is 1.59. The molecule has 0 saturated heterocycles. The Balaban J connectivity index is 2.67. The fraction of sp³-hybridized carbons (Fsp3) is 0.333. The number of phenolic OH excluding ortho intramolecular Hbond substituents is 1. The second-order valence-corrected chi connectivity index (χ2v) is 4.12. The van der Waals surface area contributed by atoms with Crippen molar-refractivity contribution >= 4 is 10.9 Å². The minimum Gasteiger partial charge on any atom is -0.507 e. The number of hydrogen-bond donors (Lipinski definition) is 3. The van der Waals surface area contributed by atoms with Crippen LogP contribution in [-0.2, 0) is 6.54 Å². The van der Waals surface area contributed by atoms with Gasteiger partial charge in [-0.2, -0.15) is 0 Å². The first-order valence-electron chi connectivity index (χ1n) is 5.17. The van der Waals surface area contributed by atoms with Crippen LogP contribution in [0.15, 0.2) is 18.2 Å². The molecule has 0 bridgehead atoms. The number of H-pyrrole nitrogens is 1. The predicted molar refractivity (Wildman–Crippen MR) is 61.9 cm³/mol. The highest BCUT2D eigenvalue weighted by atomic mass is 16.3. The van der Waals surface area contributed by atoms with Crippen LogP contribution in [0.1, 0.15) is 31.0 Å². The zero-order valence-electron chi connectivity index (χ0n) is 9.04. The maximum Gasteiger partial charge on any atom is 0.128 e. The molecule has 0 aliphatic heterocycles. The molecule has 15 heavy (non-hydrogen) atoms. The average molecular weight is 204 g/mol. The highest BCUT2D eigenvalue weighted by Gasteiger charge is 2.11. The van der Waals surface area contributed by atoms with E-state index in [0.29, 0.717) is 18.2 Å². The SMILES string of the molecule is CC(C)c1ccc2[nH]c(CN)cc2c1O. The number of aromatic nitrogens is 1. The lowest BCUT2D eigenvalue weighted by atomic mass is 10.0. The maximum atomic E-state index is 10.1. The van der Waals surface area contributed by atoms with Gasteiger partial charge >= 0.3 is 0 Å². The van der Waals surface area contributed by atoms with Crippen molar-refractivity contribution in [1.82, 2.24) is 4.98 Å². The summed E-state index contributed by atoms with van der Waals surface area (Å²) in [6.07, 6.45) is 0. The van der Waals surface area contributed by atoms with Gasteiger partial charge in [-0.1, -0.05) is 19.9 Å². The number of aromatic hydroxyl groups is 1. The molecule has 0 aliphatic carbocycles. The Morgan fingerprint density at radius 1 is 1.40 bits per heavy atom. The van der Waals surface area contributed by atoms with Gasteiger partial charge in [-0.25, -0.2) is 0 Å². The Morgan fingerprint density at radius 3 is 2.73 bits per heavy atom. The van der Waals surface area contributed by atoms with Crippen molar-refractivity contribution in [2.24, 2.45) is 5.73 Å². The van der Waals surface area contributed by atoms with Crippen molar-refractivity contribution in [2.75, 3.05) is 0 Å². The van der Waals surface area contributed by atoms with Gasteiger partial charge in [0.05, 0.1) is 0 Å². The van der Waals surface area contributed by atoms with Crippen LogP contribution in [0.4, 0.5) is 0 Å². The smallest absolute Gasteiger partial charge is 0.128 e. The van der Waals surface area contributed by atoms with Gasteiger partial charge in [0, 0.05) is 23.1 Å². The van der Waals surface area contributed by atoms with Gasteiger partial charge in [0.15, 0.2) is 0 Å². The van der Waals surface area contributed by atoms with Crippen molar-refractivity contribution in [3.63, 3.8) is 0 Å². The number of hydrogen-bond acceptors (Lipinski definition) is 2. The summed E-state index contributed by atoms with van der Waals surface area (Å²) < 4.78 is 0. The fourth-order valence-electron chi connectivity index (χ4n) is 1.84. The molecule has 0 aliphatic rings. The van der Waals surface area contributed by atoms with Crippen LogP contribution in [0, 0.1) is 0 Å². The molecule has 0 radical (unpaired) electrons. The lowest BCUT2D eigenvalue weighted by molar-refractivity contribution is 0.471. The number of rotatable bonds is 2. The summed E-state index contributed by atoms with van der Waals surface area (Å²) in [5.41, 5.74) is 8.41. The van der Waals surface area contributed by atoms with Crippen LogP contribution in [0.3, 0.4) is 0 Å². The van der Waals surface area contributed by atoms with E-state index in [4.69, 9.17) is 5.73 Å². The lowest BCUT2D eigenvalue weighted by Crippen LogP contribution is -1.94. The second kappa shape index (κ2) is 3.59. The van der Waals surface area contributed by atoms with E-state index in [1.807, 2.05) is 18.2 Å². The Labute approximate surface area is 88.9 Å². The molecule has 2 aromatic rings. The zero-order chi connectivity index (χ0) is 11.0. The third-order valence-corrected chi connectivity index (χ3v) is 2.70. The van der Waals surface area contributed by atoms with Crippen molar-refractivity contribution in [2.45, 2.75) is 26.3 Å². The Kier molecular flexibility index (Phi) is 2.40. The molecule has 0 spiro atoms. The Morgan fingerprint density at radius 2 is 2.13 bits per heavy atom. The van der Waals surface area contributed by atoms with Crippen molar-refractivity contribution in [3.8, 4) is 5.75 Å². The second-order valence-electron chi connectivity index (χ2n) is 4.12. The maximum absolute atomic E-state index is 10.1. The minimum atomic E-state index is 0.325. The molecule has 1 aromatic heterocycles. The molecule has 0 saturated carbocycles. The van der Waals surface area contributed by atoms with E-state index in [9.17, 15) is 5.11 Å². The normalized spacial score (nSPS) is 11.5.